The average molecular weight is 534 g/mol. The van der Waals surface area contributed by atoms with Crippen molar-refractivity contribution in [2.45, 2.75) is 45.4 Å². The molecule has 0 bridgehead atoms. The van der Waals surface area contributed by atoms with Gasteiger partial charge in [0.15, 0.2) is 0 Å². The summed E-state index contributed by atoms with van der Waals surface area (Å²) >= 11 is 0. The topological polar surface area (TPSA) is 82.0 Å². The Morgan fingerprint density at radius 3 is 2.33 bits per heavy atom. The van der Waals surface area contributed by atoms with E-state index in [0.717, 1.165) is 96.1 Å². The Morgan fingerprint density at radius 2 is 1.72 bits per heavy atom. The van der Waals surface area contributed by atoms with Crippen molar-refractivity contribution >= 4 is 17.4 Å². The SMILES string of the molecule is CCc1cnc(N2CCC(COc3ccc(C4=CCC(C(=O)N5CCN(CCO)CC5)CC4)cc3)CC2)nc1. The molecule has 1 amide bonds. The van der Waals surface area contributed by atoms with Gasteiger partial charge < -0.3 is 19.6 Å². The molecule has 5 rings (SSSR count). The van der Waals surface area contributed by atoms with Crippen molar-refractivity contribution in [1.82, 2.24) is 19.8 Å². The van der Waals surface area contributed by atoms with Crippen molar-refractivity contribution in [3.8, 4) is 5.75 Å². The molecule has 1 atom stereocenters. The molecule has 1 aliphatic carbocycles. The van der Waals surface area contributed by atoms with Gasteiger partial charge in [0.2, 0.25) is 11.9 Å². The normalized spacial score (nSPS) is 21.1. The van der Waals surface area contributed by atoms with E-state index < -0.39 is 0 Å². The first-order chi connectivity index (χ1) is 19.1. The van der Waals surface area contributed by atoms with Crippen LogP contribution in [0.1, 0.15) is 50.2 Å². The van der Waals surface area contributed by atoms with E-state index >= 15 is 0 Å². The molecule has 1 aromatic heterocycles. The lowest BCUT2D eigenvalue weighted by atomic mass is 9.85. The Balaban J connectivity index is 1.04. The van der Waals surface area contributed by atoms with Crippen LogP contribution >= 0.6 is 0 Å². The molecule has 0 saturated carbocycles. The fourth-order valence-electron chi connectivity index (χ4n) is 5.88. The molecule has 2 aromatic rings. The van der Waals surface area contributed by atoms with Gasteiger partial charge in [-0.1, -0.05) is 25.1 Å². The Bertz CT molecular complexity index is 1090. The third-order valence-electron chi connectivity index (χ3n) is 8.57. The average Bonchev–Trinajstić information content (AvgIpc) is 3.01. The number of carbonyl (C=O) groups excluding carboxylic acids is 1. The summed E-state index contributed by atoms with van der Waals surface area (Å²) < 4.78 is 6.16. The first-order valence-electron chi connectivity index (χ1n) is 14.7. The molecule has 8 nitrogen and oxygen atoms in total. The van der Waals surface area contributed by atoms with E-state index in [1.54, 1.807) is 0 Å². The number of rotatable bonds is 9. The highest BCUT2D eigenvalue weighted by atomic mass is 16.5. The van der Waals surface area contributed by atoms with Crippen LogP contribution in [-0.4, -0.2) is 89.8 Å². The fourth-order valence-corrected chi connectivity index (χ4v) is 5.88. The van der Waals surface area contributed by atoms with Gasteiger partial charge in [0.25, 0.3) is 0 Å². The quantitative estimate of drug-likeness (QED) is 0.527. The second-order valence-corrected chi connectivity index (χ2v) is 11.1. The van der Waals surface area contributed by atoms with E-state index in [-0.39, 0.29) is 12.5 Å². The predicted octanol–water partition coefficient (Wildman–Crippen LogP) is 3.65. The summed E-state index contributed by atoms with van der Waals surface area (Å²) in [7, 11) is 0. The summed E-state index contributed by atoms with van der Waals surface area (Å²) in [6.45, 7) is 8.94. The van der Waals surface area contributed by atoms with Crippen LogP contribution in [0.2, 0.25) is 0 Å². The molecule has 1 N–H and O–H groups in total. The highest BCUT2D eigenvalue weighted by Gasteiger charge is 2.29. The standard InChI is InChI=1S/C31H43N5O3/c1-2-24-21-32-31(33-22-24)36-13-11-25(12-14-36)23-39-29-9-7-27(8-10-29)26-3-5-28(6-4-26)30(38)35-17-15-34(16-18-35)19-20-37/h3,7-10,21-22,25,28,37H,2,4-6,11-20,23H2,1H3. The number of anilines is 1. The number of benzene rings is 1. The minimum absolute atomic E-state index is 0.0921. The van der Waals surface area contributed by atoms with Crippen LogP contribution in [0.3, 0.4) is 0 Å². The Labute approximate surface area is 232 Å². The van der Waals surface area contributed by atoms with Crippen LogP contribution in [0.5, 0.6) is 5.75 Å². The maximum absolute atomic E-state index is 13.0. The number of nitrogens with zero attached hydrogens (tertiary/aromatic N) is 5. The molecule has 2 aliphatic heterocycles. The zero-order valence-corrected chi connectivity index (χ0v) is 23.3. The molecule has 1 aromatic carbocycles. The summed E-state index contributed by atoms with van der Waals surface area (Å²) in [5, 5.41) is 9.12. The molecule has 3 heterocycles. The summed E-state index contributed by atoms with van der Waals surface area (Å²) in [4.78, 5) is 28.6. The van der Waals surface area contributed by atoms with Crippen molar-refractivity contribution < 1.29 is 14.6 Å². The number of amides is 1. The molecular weight excluding hydrogens is 490 g/mol. The van der Waals surface area contributed by atoms with Crippen molar-refractivity contribution in [3.63, 3.8) is 0 Å². The number of hydrogen-bond donors (Lipinski definition) is 1. The van der Waals surface area contributed by atoms with Crippen LogP contribution in [0.15, 0.2) is 42.7 Å². The predicted molar refractivity (Wildman–Crippen MR) is 154 cm³/mol. The van der Waals surface area contributed by atoms with Gasteiger partial charge in [-0.3, -0.25) is 9.69 Å². The van der Waals surface area contributed by atoms with Crippen LogP contribution in [0.25, 0.3) is 5.57 Å². The smallest absolute Gasteiger partial charge is 0.226 e. The zero-order valence-electron chi connectivity index (χ0n) is 23.3. The van der Waals surface area contributed by atoms with Gasteiger partial charge in [-0.05, 0) is 73.3 Å². The third kappa shape index (κ3) is 7.17. The lowest BCUT2D eigenvalue weighted by Gasteiger charge is -2.36. The van der Waals surface area contributed by atoms with E-state index in [2.05, 4.69) is 57.0 Å². The lowest BCUT2D eigenvalue weighted by Crippen LogP contribution is -2.50. The first-order valence-corrected chi connectivity index (χ1v) is 14.7. The molecule has 8 heteroatoms. The number of aliphatic hydroxyl groups is 1. The summed E-state index contributed by atoms with van der Waals surface area (Å²) in [5.74, 6) is 2.69. The maximum atomic E-state index is 13.0. The van der Waals surface area contributed by atoms with Crippen LogP contribution in [0.4, 0.5) is 5.95 Å². The highest BCUT2D eigenvalue weighted by Crippen LogP contribution is 2.32. The second-order valence-electron chi connectivity index (χ2n) is 11.1. The molecule has 1 unspecified atom stereocenters. The number of piperidine rings is 1. The summed E-state index contributed by atoms with van der Waals surface area (Å²) in [6.07, 6.45) is 11.9. The number of hydrogen-bond acceptors (Lipinski definition) is 7. The number of aryl methyl sites for hydroxylation is 1. The Hall–Kier alpha value is -2.97. The number of carbonyl (C=O) groups is 1. The Kier molecular flexibility index (Phi) is 9.48. The number of ether oxygens (including phenoxy) is 1. The highest BCUT2D eigenvalue weighted by molar-refractivity contribution is 5.81. The largest absolute Gasteiger partial charge is 0.493 e. The molecule has 39 heavy (non-hydrogen) atoms. The number of piperazine rings is 1. The van der Waals surface area contributed by atoms with Gasteiger partial charge in [0.1, 0.15) is 5.75 Å². The minimum atomic E-state index is 0.0921. The first kappa shape index (κ1) is 27.6. The Morgan fingerprint density at radius 1 is 1.00 bits per heavy atom. The third-order valence-corrected chi connectivity index (χ3v) is 8.57. The van der Waals surface area contributed by atoms with E-state index in [9.17, 15) is 4.79 Å². The van der Waals surface area contributed by atoms with Crippen molar-refractivity contribution in [2.75, 3.05) is 63.9 Å². The molecule has 0 spiro atoms. The molecule has 2 fully saturated rings. The van der Waals surface area contributed by atoms with Gasteiger partial charge in [0.05, 0.1) is 13.2 Å². The molecular formula is C31H43N5O3. The van der Waals surface area contributed by atoms with E-state index in [0.29, 0.717) is 18.4 Å². The maximum Gasteiger partial charge on any atom is 0.226 e. The van der Waals surface area contributed by atoms with Crippen LogP contribution in [-0.2, 0) is 11.2 Å². The number of allylic oxidation sites excluding steroid dienone is 2. The van der Waals surface area contributed by atoms with E-state index in [1.165, 1.54) is 16.7 Å². The van der Waals surface area contributed by atoms with Crippen LogP contribution in [0, 0.1) is 11.8 Å². The number of β-amino-alcohol motifs (C(OH)–C–C–N with tert-alkyl or cyclic N) is 1. The number of aliphatic hydroxyl groups excluding tert-OH is 1. The summed E-state index contributed by atoms with van der Waals surface area (Å²) in [5.41, 5.74) is 3.74. The lowest BCUT2D eigenvalue weighted by molar-refractivity contribution is -0.137. The van der Waals surface area contributed by atoms with Crippen molar-refractivity contribution in [2.24, 2.45) is 11.8 Å². The van der Waals surface area contributed by atoms with Gasteiger partial charge in [-0.25, -0.2) is 9.97 Å². The zero-order chi connectivity index (χ0) is 27.0. The van der Waals surface area contributed by atoms with E-state index in [4.69, 9.17) is 9.84 Å². The van der Waals surface area contributed by atoms with Gasteiger partial charge in [-0.2, -0.15) is 0 Å². The van der Waals surface area contributed by atoms with Gasteiger partial charge in [-0.15, -0.1) is 0 Å². The molecule has 2 saturated heterocycles. The van der Waals surface area contributed by atoms with Crippen molar-refractivity contribution in [3.05, 3.63) is 53.9 Å². The van der Waals surface area contributed by atoms with Gasteiger partial charge in [0, 0.05) is 64.1 Å². The molecule has 3 aliphatic rings. The second kappa shape index (κ2) is 13.4. The van der Waals surface area contributed by atoms with Crippen molar-refractivity contribution in [1.29, 1.82) is 0 Å². The molecule has 0 radical (unpaired) electrons. The van der Waals surface area contributed by atoms with Gasteiger partial charge >= 0.3 is 0 Å². The molecule has 210 valence electrons. The monoisotopic (exact) mass is 533 g/mol. The number of aromatic nitrogens is 2. The fraction of sp³-hybridized carbons (Fsp3) is 0.581. The van der Waals surface area contributed by atoms with E-state index in [1.807, 2.05) is 17.3 Å². The summed E-state index contributed by atoms with van der Waals surface area (Å²) in [6, 6.07) is 8.47. The minimum Gasteiger partial charge on any atom is -0.493 e. The van der Waals surface area contributed by atoms with Crippen LogP contribution < -0.4 is 9.64 Å².